The van der Waals surface area contributed by atoms with Gasteiger partial charge in [0.1, 0.15) is 12.6 Å². The second-order valence-electron chi connectivity index (χ2n) is 7.76. The summed E-state index contributed by atoms with van der Waals surface area (Å²) in [7, 11) is 0. The van der Waals surface area contributed by atoms with Crippen LogP contribution in [0.25, 0.3) is 0 Å². The molecule has 0 saturated heterocycles. The Morgan fingerprint density at radius 3 is 2.00 bits per heavy atom. The zero-order chi connectivity index (χ0) is 22.6. The predicted octanol–water partition coefficient (Wildman–Crippen LogP) is 3.55. The van der Waals surface area contributed by atoms with Gasteiger partial charge in [0.2, 0.25) is 5.91 Å². The highest BCUT2D eigenvalue weighted by Crippen LogP contribution is 2.09. The highest BCUT2D eigenvalue weighted by atomic mass is 32.1. The van der Waals surface area contributed by atoms with Gasteiger partial charge in [-0.25, -0.2) is 4.79 Å². The van der Waals surface area contributed by atoms with Crippen LogP contribution < -0.4 is 10.6 Å². The summed E-state index contributed by atoms with van der Waals surface area (Å²) in [5, 5.41) is 5.43. The van der Waals surface area contributed by atoms with E-state index in [2.05, 4.69) is 23.3 Å². The molecule has 166 valence electrons. The van der Waals surface area contributed by atoms with E-state index in [0.717, 1.165) is 11.1 Å². The molecule has 7 heteroatoms. The number of benzene rings is 2. The van der Waals surface area contributed by atoms with Crippen molar-refractivity contribution in [2.75, 3.05) is 5.75 Å². The van der Waals surface area contributed by atoms with E-state index in [9.17, 15) is 14.4 Å². The fourth-order valence-electron chi connectivity index (χ4n) is 3.09. The largest absolute Gasteiger partial charge is 0.445 e. The van der Waals surface area contributed by atoms with Gasteiger partial charge in [0.05, 0.1) is 11.8 Å². The molecule has 0 spiro atoms. The predicted molar refractivity (Wildman–Crippen MR) is 124 cm³/mol. The maximum atomic E-state index is 13.0. The molecule has 0 unspecified atom stereocenters. The summed E-state index contributed by atoms with van der Waals surface area (Å²) in [5.74, 6) is -0.436. The summed E-state index contributed by atoms with van der Waals surface area (Å²) in [6.07, 6.45) is 0.0999. The molecular formula is C24H30N2O4S. The molecule has 2 N–H and O–H groups in total. The lowest BCUT2D eigenvalue weighted by Gasteiger charge is -2.23. The van der Waals surface area contributed by atoms with Gasteiger partial charge in [-0.1, -0.05) is 74.5 Å². The lowest BCUT2D eigenvalue weighted by atomic mass is 10.00. The smallest absolute Gasteiger partial charge is 0.408 e. The summed E-state index contributed by atoms with van der Waals surface area (Å²) in [5.41, 5.74) is 1.78. The van der Waals surface area contributed by atoms with Crippen molar-refractivity contribution in [3.63, 3.8) is 0 Å². The second-order valence-corrected chi connectivity index (χ2v) is 8.08. The first kappa shape index (κ1) is 24.5. The number of carbonyl (C=O) groups is 3. The van der Waals surface area contributed by atoms with Crippen molar-refractivity contribution in [2.45, 2.75) is 45.4 Å². The first-order valence-electron chi connectivity index (χ1n) is 10.3. The van der Waals surface area contributed by atoms with Crippen LogP contribution in [0.4, 0.5) is 4.79 Å². The maximum Gasteiger partial charge on any atom is 0.408 e. The van der Waals surface area contributed by atoms with Crippen LogP contribution in [0, 0.1) is 5.92 Å². The molecule has 6 nitrogen and oxygen atoms in total. The normalized spacial score (nSPS) is 12.6. The molecule has 0 bridgehead atoms. The highest BCUT2D eigenvalue weighted by Gasteiger charge is 2.27. The van der Waals surface area contributed by atoms with E-state index in [4.69, 9.17) is 4.74 Å². The van der Waals surface area contributed by atoms with Crippen molar-refractivity contribution < 1.29 is 19.1 Å². The minimum atomic E-state index is -0.811. The van der Waals surface area contributed by atoms with Crippen LogP contribution in [-0.2, 0) is 27.4 Å². The van der Waals surface area contributed by atoms with Gasteiger partial charge in [-0.2, -0.15) is 12.6 Å². The molecule has 0 aliphatic carbocycles. The molecule has 0 heterocycles. The lowest BCUT2D eigenvalue weighted by Crippen LogP contribution is -2.53. The number of rotatable bonds is 11. The number of ketones is 1. The van der Waals surface area contributed by atoms with Gasteiger partial charge in [0.15, 0.2) is 5.78 Å². The Balaban J connectivity index is 2.01. The highest BCUT2D eigenvalue weighted by molar-refractivity contribution is 7.81. The monoisotopic (exact) mass is 442 g/mol. The molecule has 0 fully saturated rings. The van der Waals surface area contributed by atoms with Gasteiger partial charge in [-0.05, 0) is 29.9 Å². The van der Waals surface area contributed by atoms with E-state index < -0.39 is 24.1 Å². The van der Waals surface area contributed by atoms with Crippen LogP contribution in [-0.4, -0.2) is 35.6 Å². The summed E-state index contributed by atoms with van der Waals surface area (Å²) in [6, 6.07) is 17.2. The Hall–Kier alpha value is -2.80. The topological polar surface area (TPSA) is 84.5 Å². The Kier molecular flexibility index (Phi) is 10.1. The van der Waals surface area contributed by atoms with Crippen LogP contribution >= 0.6 is 12.6 Å². The number of ether oxygens (including phenoxy) is 1. The van der Waals surface area contributed by atoms with Gasteiger partial charge in [0.25, 0.3) is 0 Å². The minimum absolute atomic E-state index is 0.0131. The van der Waals surface area contributed by atoms with Crippen LogP contribution in [0.5, 0.6) is 0 Å². The summed E-state index contributed by atoms with van der Waals surface area (Å²) < 4.78 is 5.25. The van der Waals surface area contributed by atoms with Crippen LogP contribution in [0.1, 0.15) is 31.4 Å². The first-order valence-corrected chi connectivity index (χ1v) is 11.0. The fourth-order valence-corrected chi connectivity index (χ4v) is 3.31. The van der Waals surface area contributed by atoms with Crippen molar-refractivity contribution in [1.82, 2.24) is 10.6 Å². The van der Waals surface area contributed by atoms with E-state index >= 15 is 0 Å². The average Bonchev–Trinajstić information content (AvgIpc) is 2.77. The first-order chi connectivity index (χ1) is 14.9. The lowest BCUT2D eigenvalue weighted by molar-refractivity contribution is -0.128. The second kappa shape index (κ2) is 12.8. The number of thiol groups is 1. The third kappa shape index (κ3) is 8.84. The molecule has 0 aromatic heterocycles. The van der Waals surface area contributed by atoms with Gasteiger partial charge >= 0.3 is 6.09 Å². The van der Waals surface area contributed by atoms with Crippen molar-refractivity contribution in [3.8, 4) is 0 Å². The van der Waals surface area contributed by atoms with E-state index in [0.29, 0.717) is 12.8 Å². The van der Waals surface area contributed by atoms with E-state index in [1.54, 1.807) is 0 Å². The molecule has 2 aromatic rings. The van der Waals surface area contributed by atoms with E-state index in [1.165, 1.54) is 0 Å². The third-order valence-electron chi connectivity index (χ3n) is 4.67. The van der Waals surface area contributed by atoms with Crippen LogP contribution in [0.15, 0.2) is 60.7 Å². The summed E-state index contributed by atoms with van der Waals surface area (Å²) >= 11 is 4.08. The SMILES string of the molecule is CC(C)C[C@H](NC(=O)OCc1ccccc1)C(=O)N[C@@H](Cc1ccccc1)C(=O)CS. The van der Waals surface area contributed by atoms with Crippen molar-refractivity contribution in [1.29, 1.82) is 0 Å². The molecule has 31 heavy (non-hydrogen) atoms. The molecule has 0 aliphatic rings. The number of hydrogen-bond donors (Lipinski definition) is 3. The summed E-state index contributed by atoms with van der Waals surface area (Å²) in [6.45, 7) is 4.02. The Bertz CT molecular complexity index is 843. The Labute approximate surface area is 189 Å². The van der Waals surface area contributed by atoms with E-state index in [1.807, 2.05) is 74.5 Å². The average molecular weight is 443 g/mol. The maximum absolute atomic E-state index is 13.0. The number of carbonyl (C=O) groups excluding carboxylic acids is 3. The number of Topliss-reactive ketones (excluding diaryl/α,β-unsaturated/α-hetero) is 1. The van der Waals surface area contributed by atoms with Crippen molar-refractivity contribution in [3.05, 3.63) is 71.8 Å². The van der Waals surface area contributed by atoms with Crippen LogP contribution in [0.2, 0.25) is 0 Å². The van der Waals surface area contributed by atoms with Crippen LogP contribution in [0.3, 0.4) is 0 Å². The molecule has 0 aliphatic heterocycles. The molecule has 2 amide bonds. The molecule has 2 atom stereocenters. The minimum Gasteiger partial charge on any atom is -0.445 e. The molecule has 0 radical (unpaired) electrons. The zero-order valence-electron chi connectivity index (χ0n) is 17.9. The number of amides is 2. The van der Waals surface area contributed by atoms with Gasteiger partial charge in [0, 0.05) is 0 Å². The van der Waals surface area contributed by atoms with Crippen molar-refractivity contribution in [2.24, 2.45) is 5.92 Å². The number of nitrogens with one attached hydrogen (secondary N) is 2. The standard InChI is InChI=1S/C24H30N2O4S/c1-17(2)13-21(26-24(29)30-15-19-11-7-4-8-12-19)23(28)25-20(22(27)16-31)14-18-9-5-3-6-10-18/h3-12,17,20-21,31H,13-16H2,1-2H3,(H,25,28)(H,26,29)/t20-,21-/m0/s1. The van der Waals surface area contributed by atoms with Gasteiger partial charge in [-0.3, -0.25) is 9.59 Å². The van der Waals surface area contributed by atoms with E-state index in [-0.39, 0.29) is 24.1 Å². The molecule has 2 aromatic carbocycles. The quantitative estimate of drug-likeness (QED) is 0.465. The van der Waals surface area contributed by atoms with Gasteiger partial charge < -0.3 is 15.4 Å². The van der Waals surface area contributed by atoms with Crippen molar-refractivity contribution >= 4 is 30.4 Å². The third-order valence-corrected chi connectivity index (χ3v) is 4.98. The molecule has 2 rings (SSSR count). The fraction of sp³-hybridized carbons (Fsp3) is 0.375. The Morgan fingerprint density at radius 1 is 0.871 bits per heavy atom. The molecular weight excluding hydrogens is 412 g/mol. The van der Waals surface area contributed by atoms with Gasteiger partial charge in [-0.15, -0.1) is 0 Å². The Morgan fingerprint density at radius 2 is 1.45 bits per heavy atom. The number of alkyl carbamates (subject to hydrolysis) is 1. The molecule has 0 saturated carbocycles. The summed E-state index contributed by atoms with van der Waals surface area (Å²) in [4.78, 5) is 37.6. The number of hydrogen-bond acceptors (Lipinski definition) is 5. The zero-order valence-corrected chi connectivity index (χ0v) is 18.8.